The summed E-state index contributed by atoms with van der Waals surface area (Å²) >= 11 is 1.57. The number of para-hydroxylation sites is 1. The number of thiophene rings is 1. The van der Waals surface area contributed by atoms with Crippen LogP contribution in [0.1, 0.15) is 10.4 Å². The lowest BCUT2D eigenvalue weighted by molar-refractivity contribution is -0.121. The van der Waals surface area contributed by atoms with Crippen LogP contribution in [0.5, 0.6) is 0 Å². The zero-order chi connectivity index (χ0) is 16.4. The molecule has 0 saturated heterocycles. The van der Waals surface area contributed by atoms with Gasteiger partial charge < -0.3 is 5.32 Å². The molecule has 3 rings (SSSR count). The molecule has 6 nitrogen and oxygen atoms in total. The first-order valence-electron chi connectivity index (χ1n) is 7.08. The SMILES string of the molecule is Cc1ccsc1CNC(=O)Cn1c(=O)[nH]c(=O)c2ccccc21. The van der Waals surface area contributed by atoms with E-state index < -0.39 is 11.2 Å². The van der Waals surface area contributed by atoms with Gasteiger partial charge in [-0.05, 0) is 36.1 Å². The fourth-order valence-electron chi connectivity index (χ4n) is 2.36. The fraction of sp³-hybridized carbons (Fsp3) is 0.188. The second-order valence-electron chi connectivity index (χ2n) is 5.17. The number of nitrogens with one attached hydrogen (secondary N) is 2. The molecule has 0 spiro atoms. The quantitative estimate of drug-likeness (QED) is 0.758. The Labute approximate surface area is 135 Å². The number of rotatable bonds is 4. The molecule has 7 heteroatoms. The Balaban J connectivity index is 1.84. The first-order valence-corrected chi connectivity index (χ1v) is 7.96. The third-order valence-electron chi connectivity index (χ3n) is 3.62. The van der Waals surface area contributed by atoms with Gasteiger partial charge in [-0.25, -0.2) is 4.79 Å². The summed E-state index contributed by atoms with van der Waals surface area (Å²) in [5.74, 6) is -0.280. The second-order valence-corrected chi connectivity index (χ2v) is 6.17. The smallest absolute Gasteiger partial charge is 0.329 e. The van der Waals surface area contributed by atoms with Crippen molar-refractivity contribution in [3.63, 3.8) is 0 Å². The summed E-state index contributed by atoms with van der Waals surface area (Å²) in [6.45, 7) is 2.27. The highest BCUT2D eigenvalue weighted by Crippen LogP contribution is 2.14. The summed E-state index contributed by atoms with van der Waals surface area (Å²) in [5, 5.41) is 5.15. The molecular formula is C16H15N3O3S. The second kappa shape index (κ2) is 6.21. The standard InChI is InChI=1S/C16H15N3O3S/c1-10-6-7-23-13(10)8-17-14(20)9-19-12-5-3-2-4-11(12)15(21)18-16(19)22/h2-7H,8-9H2,1H3,(H,17,20)(H,18,21,22). The number of carbonyl (C=O) groups excluding carboxylic acids is 1. The number of aryl methyl sites for hydroxylation is 1. The summed E-state index contributed by atoms with van der Waals surface area (Å²) < 4.78 is 1.27. The monoisotopic (exact) mass is 329 g/mol. The molecule has 0 unspecified atom stereocenters. The number of H-pyrrole nitrogens is 1. The molecule has 2 aromatic heterocycles. The van der Waals surface area contributed by atoms with Gasteiger partial charge in [0.15, 0.2) is 0 Å². The summed E-state index contributed by atoms with van der Waals surface area (Å²) in [5.41, 5.74) is 0.540. The van der Waals surface area contributed by atoms with Crippen molar-refractivity contribution in [2.24, 2.45) is 0 Å². The van der Waals surface area contributed by atoms with Crippen molar-refractivity contribution < 1.29 is 4.79 Å². The minimum atomic E-state index is -0.587. The van der Waals surface area contributed by atoms with E-state index in [9.17, 15) is 14.4 Å². The largest absolute Gasteiger partial charge is 0.350 e. The molecule has 0 fully saturated rings. The minimum Gasteiger partial charge on any atom is -0.350 e. The number of fused-ring (bicyclic) bond motifs is 1. The van der Waals surface area contributed by atoms with Crippen molar-refractivity contribution in [1.82, 2.24) is 14.9 Å². The average molecular weight is 329 g/mol. The minimum absolute atomic E-state index is 0.138. The highest BCUT2D eigenvalue weighted by atomic mass is 32.1. The number of aromatic nitrogens is 2. The average Bonchev–Trinajstić information content (AvgIpc) is 2.94. The maximum Gasteiger partial charge on any atom is 0.329 e. The summed E-state index contributed by atoms with van der Waals surface area (Å²) in [6, 6.07) is 8.71. The Kier molecular flexibility index (Phi) is 4.12. The van der Waals surface area contributed by atoms with Crippen LogP contribution in [-0.4, -0.2) is 15.5 Å². The zero-order valence-electron chi connectivity index (χ0n) is 12.5. The van der Waals surface area contributed by atoms with E-state index in [1.807, 2.05) is 18.4 Å². The lowest BCUT2D eigenvalue weighted by Gasteiger charge is -2.09. The van der Waals surface area contributed by atoms with E-state index in [4.69, 9.17) is 0 Å². The Morgan fingerprint density at radius 1 is 1.26 bits per heavy atom. The number of hydrogen-bond acceptors (Lipinski definition) is 4. The topological polar surface area (TPSA) is 84.0 Å². The van der Waals surface area contributed by atoms with Crippen molar-refractivity contribution in [3.05, 3.63) is 67.0 Å². The normalized spacial score (nSPS) is 10.8. The van der Waals surface area contributed by atoms with Gasteiger partial charge in [-0.3, -0.25) is 19.1 Å². The molecule has 1 amide bonds. The molecule has 0 atom stereocenters. The Morgan fingerprint density at radius 2 is 2.04 bits per heavy atom. The van der Waals surface area contributed by atoms with E-state index in [1.165, 1.54) is 4.57 Å². The predicted octanol–water partition coefficient (Wildman–Crippen LogP) is 1.38. The molecule has 118 valence electrons. The molecule has 23 heavy (non-hydrogen) atoms. The fourth-order valence-corrected chi connectivity index (χ4v) is 3.21. The number of carbonyl (C=O) groups is 1. The molecule has 0 radical (unpaired) electrons. The van der Waals surface area contributed by atoms with E-state index >= 15 is 0 Å². The molecule has 0 aliphatic heterocycles. The van der Waals surface area contributed by atoms with Gasteiger partial charge in [-0.2, -0.15) is 0 Å². The number of aromatic amines is 1. The first-order chi connectivity index (χ1) is 11.1. The van der Waals surface area contributed by atoms with Crippen LogP contribution in [-0.2, 0) is 17.9 Å². The first kappa shape index (κ1) is 15.2. The van der Waals surface area contributed by atoms with Crippen molar-refractivity contribution in [1.29, 1.82) is 0 Å². The van der Waals surface area contributed by atoms with Crippen LogP contribution in [0.15, 0.2) is 45.3 Å². The molecule has 0 aliphatic rings. The Hall–Kier alpha value is -2.67. The third kappa shape index (κ3) is 3.09. The molecule has 3 aromatic rings. The van der Waals surface area contributed by atoms with Crippen molar-refractivity contribution in [3.8, 4) is 0 Å². The van der Waals surface area contributed by atoms with Gasteiger partial charge in [-0.1, -0.05) is 12.1 Å². The van der Waals surface area contributed by atoms with E-state index in [-0.39, 0.29) is 12.5 Å². The van der Waals surface area contributed by atoms with Crippen LogP contribution in [0.3, 0.4) is 0 Å². The van der Waals surface area contributed by atoms with E-state index in [2.05, 4.69) is 10.3 Å². The van der Waals surface area contributed by atoms with Crippen LogP contribution in [0.4, 0.5) is 0 Å². The van der Waals surface area contributed by atoms with Crippen molar-refractivity contribution in [2.75, 3.05) is 0 Å². The van der Waals surface area contributed by atoms with Gasteiger partial charge in [0.2, 0.25) is 5.91 Å². The number of hydrogen-bond donors (Lipinski definition) is 2. The van der Waals surface area contributed by atoms with Crippen LogP contribution in [0.2, 0.25) is 0 Å². The predicted molar refractivity (Wildman–Crippen MR) is 89.7 cm³/mol. The Morgan fingerprint density at radius 3 is 2.78 bits per heavy atom. The van der Waals surface area contributed by atoms with Gasteiger partial charge in [0.1, 0.15) is 6.54 Å². The van der Waals surface area contributed by atoms with Crippen molar-refractivity contribution >= 4 is 28.1 Å². The van der Waals surface area contributed by atoms with Crippen molar-refractivity contribution in [2.45, 2.75) is 20.0 Å². The van der Waals surface area contributed by atoms with Gasteiger partial charge in [0, 0.05) is 4.88 Å². The van der Waals surface area contributed by atoms with Crippen LogP contribution < -0.4 is 16.6 Å². The molecule has 2 N–H and O–H groups in total. The highest BCUT2D eigenvalue weighted by Gasteiger charge is 2.11. The van der Waals surface area contributed by atoms with E-state index in [0.717, 1.165) is 10.4 Å². The third-order valence-corrected chi connectivity index (χ3v) is 4.64. The molecule has 0 aliphatic carbocycles. The molecule has 0 saturated carbocycles. The summed E-state index contributed by atoms with van der Waals surface area (Å²) in [4.78, 5) is 39.3. The number of benzene rings is 1. The zero-order valence-corrected chi connectivity index (χ0v) is 13.3. The van der Waals surface area contributed by atoms with E-state index in [1.54, 1.807) is 35.6 Å². The maximum absolute atomic E-state index is 12.1. The summed E-state index contributed by atoms with van der Waals surface area (Å²) in [7, 11) is 0. The summed E-state index contributed by atoms with van der Waals surface area (Å²) in [6.07, 6.45) is 0. The molecule has 0 bridgehead atoms. The van der Waals surface area contributed by atoms with Crippen LogP contribution in [0.25, 0.3) is 10.9 Å². The van der Waals surface area contributed by atoms with Gasteiger partial charge in [0.25, 0.3) is 5.56 Å². The molecule has 1 aromatic carbocycles. The van der Waals surface area contributed by atoms with Crippen LogP contribution in [0, 0.1) is 6.92 Å². The lowest BCUT2D eigenvalue weighted by Crippen LogP contribution is -2.36. The van der Waals surface area contributed by atoms with Gasteiger partial charge in [-0.15, -0.1) is 11.3 Å². The Bertz CT molecular complexity index is 984. The van der Waals surface area contributed by atoms with Gasteiger partial charge in [0.05, 0.1) is 17.4 Å². The molecule has 2 heterocycles. The number of nitrogens with zero attached hydrogens (tertiary/aromatic N) is 1. The maximum atomic E-state index is 12.1. The van der Waals surface area contributed by atoms with E-state index in [0.29, 0.717) is 17.4 Å². The van der Waals surface area contributed by atoms with Gasteiger partial charge >= 0.3 is 5.69 Å². The number of amides is 1. The van der Waals surface area contributed by atoms with Crippen LogP contribution >= 0.6 is 11.3 Å². The lowest BCUT2D eigenvalue weighted by atomic mass is 10.2. The highest BCUT2D eigenvalue weighted by molar-refractivity contribution is 7.10. The molecular weight excluding hydrogens is 314 g/mol.